The molecule has 0 spiro atoms. The Hall–Kier alpha value is -16.9. The molecule has 16 aromatic carbocycles. The van der Waals surface area contributed by atoms with Crippen LogP contribution in [0, 0.1) is 0 Å². The summed E-state index contributed by atoms with van der Waals surface area (Å²) in [4.78, 5) is 38.0. The molecule has 29 rings (SSSR count). The molecule has 0 fully saturated rings. The van der Waals surface area contributed by atoms with E-state index in [-0.39, 0.29) is 119 Å². The summed E-state index contributed by atoms with van der Waals surface area (Å²) in [7, 11) is 0. The second kappa shape index (κ2) is 33.7. The lowest BCUT2D eigenvalue weighted by Crippen LogP contribution is -2.24. The third-order valence-corrected chi connectivity index (χ3v) is 25.9. The van der Waals surface area contributed by atoms with Gasteiger partial charge in [0, 0.05) is 61.3 Å². The van der Waals surface area contributed by atoms with Crippen LogP contribution < -0.4 is 100 Å². The van der Waals surface area contributed by atoms with Gasteiger partial charge in [0.25, 0.3) is 5.91 Å². The zero-order valence-electron chi connectivity index (χ0n) is 72.4. The SMILES string of the molecule is O=C(NCc1ccccc1)c1cc2ccc3c(c2c(-c2ccc4c(c2)OCO4)c1CO)OCO3.O=C1OCc2c1cc1ccc3c(c1c2-c1ccc2c(c1)OCO2)OCO3.O=C1OCc2cc3ccc4c(c3c(-c3ccc5c(c3)OCO5)c21)OCO4.OCc1cc2ccc3c(c2c(-c2ccc4c(c2)OCO4)c1CO)OCO3.c1cc2c(cc1-c1c3c(cc4ccc5c(c14)OCO5)COC3)OCO2. The number of hydrogen-bond acceptors (Lipinski definition) is 29. The number of amides is 1. The quantitative estimate of drug-likeness (QED) is 0.0874. The highest BCUT2D eigenvalue weighted by molar-refractivity contribution is 6.16. The maximum Gasteiger partial charge on any atom is 0.339 e. The highest BCUT2D eigenvalue weighted by Crippen LogP contribution is 2.56. The Morgan fingerprint density at radius 1 is 0.270 bits per heavy atom. The molecule has 137 heavy (non-hydrogen) atoms. The average Bonchev–Trinajstić information content (AvgIpc) is 1.74. The van der Waals surface area contributed by atoms with Crippen molar-refractivity contribution < 1.29 is 139 Å². The Kier molecular flexibility index (Phi) is 20.1. The van der Waals surface area contributed by atoms with E-state index in [0.29, 0.717) is 151 Å². The van der Waals surface area contributed by atoms with Crippen molar-refractivity contribution in [2.45, 2.75) is 52.8 Å². The molecule has 0 bridgehead atoms. The minimum absolute atomic E-state index is 0.114. The third kappa shape index (κ3) is 14.1. The Morgan fingerprint density at radius 3 is 1.07 bits per heavy atom. The van der Waals surface area contributed by atoms with Gasteiger partial charge in [-0.25, -0.2) is 9.59 Å². The molecule has 30 heteroatoms. The van der Waals surface area contributed by atoms with Crippen LogP contribution in [0.4, 0.5) is 0 Å². The van der Waals surface area contributed by atoms with Crippen molar-refractivity contribution in [1.82, 2.24) is 5.32 Å². The molecule has 0 atom stereocenters. The Morgan fingerprint density at radius 2 is 0.620 bits per heavy atom. The van der Waals surface area contributed by atoms with Gasteiger partial charge in [-0.05, 0) is 226 Å². The standard InChI is InChI=1S/C27H21NO6.2C20H12O6.C20H16O6.C20H14O5/c29-13-20-19(27(30)28-12-16-4-2-1-3-5-16)10-17-7-9-22-26(34-15-32-22)25(17)24(20)18-6-8-21-23(11-18)33-14-31-21;21-20-12-5-10-2-4-15-19(26-9-24-15)18(10)17(13(12)7-22-20)11-1-3-14-16(6-11)25-8-23-14;21-20-18-12(7-22-20)5-10-2-4-14-19(26-9-24-14)17(10)16(18)11-1-3-13-15(6-11)25-8-23-13;21-7-13-5-11-2-4-16-20(26-10-24-16)19(11)18(14(13)8-22)12-1-3-15-17(6-12)25-9-23-15;1-3-15-17(24-9-22-15)6-12(1)18-14-8-21-7-13(14)5-11-2-4-16-20(19(11)18)25-10-23-16/h1-11,29H,12-15H2,(H,28,30);2*1-6H,7-9H2;1-6,21-22H,7-10H2;1-6H,7-10H2. The second-order valence-corrected chi connectivity index (χ2v) is 33.2. The lowest BCUT2D eigenvalue weighted by molar-refractivity contribution is 0.0526. The predicted octanol–water partition coefficient (Wildman–Crippen LogP) is 18.6. The van der Waals surface area contributed by atoms with Crippen LogP contribution in [-0.2, 0) is 67.0 Å². The summed E-state index contributed by atoms with van der Waals surface area (Å²) < 4.78 is 128. The maximum atomic E-state index is 13.3. The van der Waals surface area contributed by atoms with Gasteiger partial charge in [0.15, 0.2) is 115 Å². The number of carbonyl (C=O) groups is 3. The molecule has 0 radical (unpaired) electrons. The molecule has 0 saturated carbocycles. The monoisotopic (exact) mass is 1840 g/mol. The second-order valence-electron chi connectivity index (χ2n) is 33.2. The molecule has 0 aliphatic carbocycles. The van der Waals surface area contributed by atoms with Gasteiger partial charge in [-0.3, -0.25) is 4.79 Å². The molecule has 0 saturated heterocycles. The molecule has 0 unspecified atom stereocenters. The molecular formula is C107H75NO29. The first-order chi connectivity index (χ1) is 67.5. The first-order valence-electron chi connectivity index (χ1n) is 44.0. The van der Waals surface area contributed by atoms with Gasteiger partial charge in [-0.1, -0.05) is 91.0 Å². The smallest absolute Gasteiger partial charge is 0.339 e. The number of aliphatic hydroxyl groups is 3. The molecule has 16 aromatic rings. The number of benzene rings is 16. The minimum atomic E-state index is -0.335. The first-order valence-corrected chi connectivity index (χ1v) is 44.0. The van der Waals surface area contributed by atoms with E-state index in [2.05, 4.69) is 23.5 Å². The lowest BCUT2D eigenvalue weighted by Gasteiger charge is -2.18. The van der Waals surface area contributed by atoms with Gasteiger partial charge in [-0.15, -0.1) is 0 Å². The number of esters is 2. The van der Waals surface area contributed by atoms with Gasteiger partial charge < -0.3 is 130 Å². The van der Waals surface area contributed by atoms with Crippen LogP contribution in [0.2, 0.25) is 0 Å². The summed E-state index contributed by atoms with van der Waals surface area (Å²) in [6, 6.07) is 67.3. The Balaban J connectivity index is 0.0000000914. The molecular weight excluding hydrogens is 1760 g/mol. The number of fused-ring (bicyclic) bond motifs is 23. The van der Waals surface area contributed by atoms with Crippen LogP contribution in [-0.4, -0.2) is 101 Å². The van der Waals surface area contributed by atoms with Gasteiger partial charge in [0.05, 0.1) is 44.2 Å². The molecule has 0 aromatic heterocycles. The van der Waals surface area contributed by atoms with Gasteiger partial charge >= 0.3 is 11.9 Å². The molecule has 30 nitrogen and oxygen atoms in total. The molecule has 4 N–H and O–H groups in total. The van der Waals surface area contributed by atoms with Crippen molar-refractivity contribution in [3.8, 4) is 171 Å². The van der Waals surface area contributed by atoms with E-state index in [4.69, 9.17) is 109 Å². The zero-order chi connectivity index (χ0) is 91.6. The molecule has 1 amide bonds. The number of nitrogens with one attached hydrogen (secondary N) is 1. The van der Waals surface area contributed by atoms with Crippen LogP contribution >= 0.6 is 0 Å². The van der Waals surface area contributed by atoms with Crippen molar-refractivity contribution in [2.75, 3.05) is 67.9 Å². The van der Waals surface area contributed by atoms with Crippen LogP contribution in [0.3, 0.4) is 0 Å². The fourth-order valence-corrected chi connectivity index (χ4v) is 19.7. The number of hydrogen-bond donors (Lipinski definition) is 4. The first kappa shape index (κ1) is 82.0. The third-order valence-electron chi connectivity index (χ3n) is 25.9. The lowest BCUT2D eigenvalue weighted by atomic mass is 9.88. The predicted molar refractivity (Wildman–Crippen MR) is 490 cm³/mol. The highest BCUT2D eigenvalue weighted by atomic mass is 16.7. The van der Waals surface area contributed by atoms with Crippen molar-refractivity contribution in [3.05, 3.63) is 274 Å². The van der Waals surface area contributed by atoms with Crippen LogP contribution in [0.25, 0.3) is 109 Å². The molecule has 13 aliphatic heterocycles. The maximum absolute atomic E-state index is 13.3. The van der Waals surface area contributed by atoms with Crippen molar-refractivity contribution in [2.24, 2.45) is 0 Å². The highest BCUT2D eigenvalue weighted by Gasteiger charge is 2.37. The van der Waals surface area contributed by atoms with Crippen molar-refractivity contribution in [1.29, 1.82) is 0 Å². The zero-order valence-corrected chi connectivity index (χ0v) is 72.4. The van der Waals surface area contributed by atoms with Gasteiger partial charge in [0.2, 0.25) is 67.9 Å². The molecule has 682 valence electrons. The summed E-state index contributed by atoms with van der Waals surface area (Å²) in [5.41, 5.74) is 17.3. The van der Waals surface area contributed by atoms with Crippen molar-refractivity contribution in [3.63, 3.8) is 0 Å². The van der Waals surface area contributed by atoms with E-state index in [1.54, 1.807) is 6.07 Å². The normalized spacial score (nSPS) is 15.1. The largest absolute Gasteiger partial charge is 0.457 e. The van der Waals surface area contributed by atoms with E-state index < -0.39 is 0 Å². The van der Waals surface area contributed by atoms with Crippen LogP contribution in [0.15, 0.2) is 212 Å². The summed E-state index contributed by atoms with van der Waals surface area (Å²) in [5, 5.41) is 42.5. The van der Waals surface area contributed by atoms with E-state index >= 15 is 0 Å². The van der Waals surface area contributed by atoms with Crippen molar-refractivity contribution >= 4 is 71.7 Å². The summed E-state index contributed by atoms with van der Waals surface area (Å²) in [6.45, 7) is 3.29. The molecule has 13 aliphatic rings. The number of cyclic esters (lactones) is 2. The Bertz CT molecular complexity index is 7830. The van der Waals surface area contributed by atoms with E-state index in [1.807, 2.05) is 188 Å². The Labute approximate surface area is 776 Å². The summed E-state index contributed by atoms with van der Waals surface area (Å²) in [6.07, 6.45) is 0. The van der Waals surface area contributed by atoms with Gasteiger partial charge in [-0.2, -0.15) is 0 Å². The van der Waals surface area contributed by atoms with Crippen LogP contribution in [0.5, 0.6) is 115 Å². The number of carbonyl (C=O) groups excluding carboxylic acids is 3. The summed E-state index contributed by atoms with van der Waals surface area (Å²) >= 11 is 0. The number of ether oxygens (including phenoxy) is 23. The topological polar surface area (TPSA) is 336 Å². The average molecular weight is 1840 g/mol. The minimum Gasteiger partial charge on any atom is -0.457 e. The van der Waals surface area contributed by atoms with Gasteiger partial charge in [0.1, 0.15) is 13.2 Å². The number of aliphatic hydroxyl groups excluding tert-OH is 3. The van der Waals surface area contributed by atoms with E-state index in [0.717, 1.165) is 144 Å². The molecule has 13 heterocycles. The van der Waals surface area contributed by atoms with Crippen LogP contribution in [0.1, 0.15) is 75.6 Å². The summed E-state index contributed by atoms with van der Waals surface area (Å²) in [5.74, 6) is 12.8. The van der Waals surface area contributed by atoms with E-state index in [1.165, 1.54) is 11.1 Å². The number of rotatable bonds is 11. The fourth-order valence-electron chi connectivity index (χ4n) is 19.7. The fraction of sp³-hybridized carbons (Fsp3) is 0.168. The van der Waals surface area contributed by atoms with E-state index in [9.17, 15) is 29.7 Å².